The summed E-state index contributed by atoms with van der Waals surface area (Å²) >= 11 is 0. The van der Waals surface area contributed by atoms with Gasteiger partial charge in [-0.2, -0.15) is 0 Å². The molecule has 0 saturated heterocycles. The minimum atomic E-state index is -0.283. The first kappa shape index (κ1) is 16.7. The minimum Gasteiger partial charge on any atom is -0.455 e. The van der Waals surface area contributed by atoms with Gasteiger partial charge in [0, 0.05) is 16.3 Å². The lowest BCUT2D eigenvalue weighted by atomic mass is 9.86. The second-order valence-electron chi connectivity index (χ2n) is 9.58. The Morgan fingerprint density at radius 1 is 0.436 bits per heavy atom. The SMILES string of the molecule is [2H]c1c(-c2c3ccccc3c(-c3ccccc3)c3ccccc23)c([2H])c2c(oc3c(-c4ccccc4)c([2H])c([2H])c([2H])c32)c1[2H]. The Hall–Kier alpha value is -5.14. The maximum Gasteiger partial charge on any atom is 0.143 e. The summed E-state index contributed by atoms with van der Waals surface area (Å²) in [5, 5.41) is 4.01. The molecule has 0 bridgehead atoms. The number of furan rings is 1. The molecule has 1 heteroatoms. The zero-order valence-corrected chi connectivity index (χ0v) is 20.8. The Labute approximate surface area is 235 Å². The predicted molar refractivity (Wildman–Crippen MR) is 165 cm³/mol. The normalized spacial score (nSPS) is 13.7. The third kappa shape index (κ3) is 3.41. The third-order valence-corrected chi connectivity index (χ3v) is 7.37. The molecule has 182 valence electrons. The van der Waals surface area contributed by atoms with Crippen molar-refractivity contribution < 1.29 is 12.6 Å². The van der Waals surface area contributed by atoms with Gasteiger partial charge in [0.2, 0.25) is 0 Å². The van der Waals surface area contributed by atoms with Gasteiger partial charge in [-0.15, -0.1) is 0 Å². The summed E-state index contributed by atoms with van der Waals surface area (Å²) in [6, 6.07) is 34.1. The number of hydrogen-bond donors (Lipinski definition) is 0. The van der Waals surface area contributed by atoms with E-state index in [1.807, 2.05) is 84.9 Å². The number of para-hydroxylation sites is 1. The molecular weight excluding hydrogens is 472 g/mol. The average Bonchev–Trinajstić information content (AvgIpc) is 3.48. The minimum absolute atomic E-state index is 0.00829. The highest BCUT2D eigenvalue weighted by Gasteiger charge is 2.18. The van der Waals surface area contributed by atoms with Gasteiger partial charge in [0.1, 0.15) is 11.2 Å². The lowest BCUT2D eigenvalue weighted by Crippen LogP contribution is -1.90. The molecule has 7 aromatic carbocycles. The van der Waals surface area contributed by atoms with Crippen molar-refractivity contribution in [2.75, 3.05) is 0 Å². The van der Waals surface area contributed by atoms with Crippen LogP contribution in [0.25, 0.3) is 76.9 Å². The zero-order valence-electron chi connectivity index (χ0n) is 26.8. The van der Waals surface area contributed by atoms with Gasteiger partial charge in [-0.05, 0) is 61.4 Å². The van der Waals surface area contributed by atoms with Crippen molar-refractivity contribution in [3.05, 3.63) is 145 Å². The highest BCUT2D eigenvalue weighted by molar-refractivity contribution is 6.22. The van der Waals surface area contributed by atoms with Crippen molar-refractivity contribution in [1.82, 2.24) is 0 Å². The second kappa shape index (κ2) is 8.72. The fourth-order valence-electron chi connectivity index (χ4n) is 5.67. The Morgan fingerprint density at radius 2 is 0.974 bits per heavy atom. The number of rotatable bonds is 3. The molecular formula is C38H24O. The molecule has 0 aliphatic carbocycles. The Kier molecular flexibility index (Phi) is 3.72. The van der Waals surface area contributed by atoms with E-state index in [4.69, 9.17) is 9.90 Å². The van der Waals surface area contributed by atoms with Crippen molar-refractivity contribution in [3.8, 4) is 33.4 Å². The van der Waals surface area contributed by atoms with Crippen LogP contribution in [0.3, 0.4) is 0 Å². The number of benzene rings is 7. The average molecular weight is 503 g/mol. The van der Waals surface area contributed by atoms with Crippen LogP contribution in [0.5, 0.6) is 0 Å². The Bertz CT molecular complexity index is 2430. The van der Waals surface area contributed by atoms with Gasteiger partial charge in [-0.3, -0.25) is 0 Å². The smallest absolute Gasteiger partial charge is 0.143 e. The Balaban J connectivity index is 1.57. The summed E-state index contributed by atoms with van der Waals surface area (Å²) in [5.74, 6) is 0. The third-order valence-electron chi connectivity index (χ3n) is 7.37. The van der Waals surface area contributed by atoms with Crippen LogP contribution in [0, 0.1) is 0 Å². The summed E-state index contributed by atoms with van der Waals surface area (Å²) in [5.41, 5.74) is 4.18. The molecule has 0 saturated carbocycles. The van der Waals surface area contributed by atoms with Gasteiger partial charge in [0.05, 0.1) is 8.22 Å². The molecule has 1 heterocycles. The van der Waals surface area contributed by atoms with Crippen LogP contribution in [-0.4, -0.2) is 0 Å². The van der Waals surface area contributed by atoms with E-state index in [1.54, 1.807) is 12.1 Å². The highest BCUT2D eigenvalue weighted by Crippen LogP contribution is 2.45. The van der Waals surface area contributed by atoms with Crippen LogP contribution in [0.1, 0.15) is 8.22 Å². The van der Waals surface area contributed by atoms with E-state index in [1.165, 1.54) is 0 Å². The largest absolute Gasteiger partial charge is 0.455 e. The van der Waals surface area contributed by atoms with E-state index in [2.05, 4.69) is 12.1 Å². The molecule has 39 heavy (non-hydrogen) atoms. The summed E-state index contributed by atoms with van der Waals surface area (Å²) in [6.45, 7) is 0. The monoisotopic (exact) mass is 502 g/mol. The van der Waals surface area contributed by atoms with Gasteiger partial charge in [-0.25, -0.2) is 0 Å². The first-order valence-electron chi connectivity index (χ1n) is 15.9. The van der Waals surface area contributed by atoms with Gasteiger partial charge < -0.3 is 4.42 Å². The van der Waals surface area contributed by atoms with Crippen LogP contribution in [-0.2, 0) is 0 Å². The van der Waals surface area contributed by atoms with Crippen LogP contribution in [0.2, 0.25) is 0 Å². The van der Waals surface area contributed by atoms with Crippen LogP contribution in [0.15, 0.2) is 150 Å². The summed E-state index contributed by atoms with van der Waals surface area (Å²) < 4.78 is 60.6. The summed E-state index contributed by atoms with van der Waals surface area (Å²) in [7, 11) is 0. The molecule has 0 fully saturated rings. The predicted octanol–water partition coefficient (Wildman–Crippen LogP) is 10.9. The van der Waals surface area contributed by atoms with Crippen molar-refractivity contribution in [2.45, 2.75) is 0 Å². The van der Waals surface area contributed by atoms with Crippen molar-refractivity contribution in [3.63, 3.8) is 0 Å². The van der Waals surface area contributed by atoms with Crippen molar-refractivity contribution in [2.24, 2.45) is 0 Å². The fourth-order valence-corrected chi connectivity index (χ4v) is 5.67. The Morgan fingerprint density at radius 3 is 1.59 bits per heavy atom. The standard InChI is InChI=1S/C38H24O/c1-3-12-25(13-4-1)28-20-11-21-33-34-24-27(22-23-35(34)39-38(28)33)37-31-18-9-7-16-29(31)36(26-14-5-2-6-15-26)30-17-8-10-19-32(30)37/h1-24H/i11D,20D,21D,22D,23D,24D. The number of fused-ring (bicyclic) bond motifs is 5. The van der Waals surface area contributed by atoms with Gasteiger partial charge in [-0.1, -0.05) is 133 Å². The van der Waals surface area contributed by atoms with Gasteiger partial charge in [0.25, 0.3) is 0 Å². The molecule has 1 nitrogen and oxygen atoms in total. The maximum atomic E-state index is 9.62. The van der Waals surface area contributed by atoms with Crippen molar-refractivity contribution >= 4 is 43.5 Å². The van der Waals surface area contributed by atoms with E-state index >= 15 is 0 Å². The number of hydrogen-bond acceptors (Lipinski definition) is 1. The molecule has 0 N–H and O–H groups in total. The lowest BCUT2D eigenvalue weighted by molar-refractivity contribution is 0.670. The second-order valence-corrected chi connectivity index (χ2v) is 9.58. The molecule has 0 atom stereocenters. The van der Waals surface area contributed by atoms with Gasteiger partial charge in [0.15, 0.2) is 0 Å². The molecule has 0 spiro atoms. The molecule has 0 amide bonds. The van der Waals surface area contributed by atoms with E-state index < -0.39 is 0 Å². The van der Waals surface area contributed by atoms with E-state index in [-0.39, 0.29) is 63.8 Å². The molecule has 8 aromatic rings. The van der Waals surface area contributed by atoms with E-state index in [0.29, 0.717) is 16.7 Å². The maximum absolute atomic E-state index is 9.62. The highest BCUT2D eigenvalue weighted by atomic mass is 16.3. The molecule has 1 aromatic heterocycles. The zero-order chi connectivity index (χ0) is 31.0. The molecule has 0 aliphatic heterocycles. The summed E-state index contributed by atoms with van der Waals surface area (Å²) in [6.07, 6.45) is 0. The van der Waals surface area contributed by atoms with E-state index in [0.717, 1.165) is 32.7 Å². The topological polar surface area (TPSA) is 13.1 Å². The first-order valence-corrected chi connectivity index (χ1v) is 12.9. The quantitative estimate of drug-likeness (QED) is 0.219. The van der Waals surface area contributed by atoms with Crippen LogP contribution in [0.4, 0.5) is 0 Å². The first-order chi connectivity index (χ1) is 21.9. The molecule has 0 radical (unpaired) electrons. The summed E-state index contributed by atoms with van der Waals surface area (Å²) in [4.78, 5) is 0. The fraction of sp³-hybridized carbons (Fsp3) is 0. The van der Waals surface area contributed by atoms with Crippen LogP contribution >= 0.6 is 0 Å². The van der Waals surface area contributed by atoms with Gasteiger partial charge >= 0.3 is 0 Å². The molecule has 0 aliphatic rings. The van der Waals surface area contributed by atoms with E-state index in [9.17, 15) is 2.74 Å². The van der Waals surface area contributed by atoms with Crippen molar-refractivity contribution in [1.29, 1.82) is 0 Å². The molecule has 0 unspecified atom stereocenters. The van der Waals surface area contributed by atoms with Crippen LogP contribution < -0.4 is 0 Å². The molecule has 8 rings (SSSR count). The lowest BCUT2D eigenvalue weighted by Gasteiger charge is -2.17.